The van der Waals surface area contributed by atoms with Crippen LogP contribution in [-0.4, -0.2) is 22.9 Å². The Hall–Kier alpha value is -1.71. The predicted molar refractivity (Wildman–Crippen MR) is 95.7 cm³/mol. The van der Waals surface area contributed by atoms with E-state index in [0.717, 1.165) is 28.8 Å². The second-order valence-corrected chi connectivity index (χ2v) is 7.47. The standard InChI is InChI=1S/C17H12BrF7N2OS/c1-2-28-8-27-13(9-3-5-10(6-4-9)16(21,22)23)11(7-26)12(18)14(27)29-17(24,25)15(19)20/h3-6,15H,2,8H2,1H3. The van der Waals surface area contributed by atoms with E-state index in [-0.39, 0.29) is 34.6 Å². The number of alkyl halides is 7. The van der Waals surface area contributed by atoms with Crippen molar-refractivity contribution in [2.45, 2.75) is 36.5 Å². The van der Waals surface area contributed by atoms with Crippen molar-refractivity contribution >= 4 is 27.7 Å². The fourth-order valence-electron chi connectivity index (χ4n) is 2.36. The largest absolute Gasteiger partial charge is 0.416 e. The molecule has 0 radical (unpaired) electrons. The number of hydrogen-bond donors (Lipinski definition) is 0. The summed E-state index contributed by atoms with van der Waals surface area (Å²) in [5, 5.41) is 4.59. The average Bonchev–Trinajstić information content (AvgIpc) is 2.90. The second-order valence-electron chi connectivity index (χ2n) is 5.54. The van der Waals surface area contributed by atoms with Gasteiger partial charge < -0.3 is 9.30 Å². The molecule has 0 atom stereocenters. The molecule has 158 valence electrons. The van der Waals surface area contributed by atoms with E-state index < -0.39 is 40.2 Å². The van der Waals surface area contributed by atoms with Gasteiger partial charge in [-0.2, -0.15) is 27.2 Å². The smallest absolute Gasteiger partial charge is 0.361 e. The van der Waals surface area contributed by atoms with Gasteiger partial charge in [-0.15, -0.1) is 0 Å². The summed E-state index contributed by atoms with van der Waals surface area (Å²) in [7, 11) is 0. The maximum Gasteiger partial charge on any atom is 0.416 e. The summed E-state index contributed by atoms with van der Waals surface area (Å²) in [4.78, 5) is 0. The van der Waals surface area contributed by atoms with Crippen LogP contribution < -0.4 is 0 Å². The number of nitriles is 1. The Morgan fingerprint density at radius 3 is 2.21 bits per heavy atom. The van der Waals surface area contributed by atoms with Gasteiger partial charge in [-0.1, -0.05) is 12.1 Å². The van der Waals surface area contributed by atoms with Crippen molar-refractivity contribution in [2.24, 2.45) is 0 Å². The summed E-state index contributed by atoms with van der Waals surface area (Å²) >= 11 is 2.50. The minimum atomic E-state index is -4.59. The van der Waals surface area contributed by atoms with Crippen molar-refractivity contribution in [1.29, 1.82) is 5.26 Å². The predicted octanol–water partition coefficient (Wildman–Crippen LogP) is 6.75. The van der Waals surface area contributed by atoms with Gasteiger partial charge in [0, 0.05) is 6.61 Å². The normalized spacial score (nSPS) is 12.4. The molecule has 1 heterocycles. The number of aromatic nitrogens is 1. The third-order valence-corrected chi connectivity index (χ3v) is 5.77. The van der Waals surface area contributed by atoms with Crippen molar-refractivity contribution < 1.29 is 35.5 Å². The maximum absolute atomic E-state index is 13.7. The maximum atomic E-state index is 13.7. The first-order chi connectivity index (χ1) is 13.4. The number of rotatable bonds is 7. The number of thioether (sulfide) groups is 1. The van der Waals surface area contributed by atoms with Crippen LogP contribution in [0.4, 0.5) is 30.7 Å². The SMILES string of the molecule is CCOCn1c(SC(F)(F)C(F)F)c(Br)c(C#N)c1-c1ccc(C(F)(F)F)cc1. The van der Waals surface area contributed by atoms with Crippen LogP contribution in [0.3, 0.4) is 0 Å². The topological polar surface area (TPSA) is 38.0 Å². The van der Waals surface area contributed by atoms with Gasteiger partial charge in [0.2, 0.25) is 0 Å². The minimum absolute atomic E-state index is 0.0332. The molecular weight excluding hydrogens is 493 g/mol. The van der Waals surface area contributed by atoms with Crippen molar-refractivity contribution in [2.75, 3.05) is 6.61 Å². The summed E-state index contributed by atoms with van der Waals surface area (Å²) in [5.74, 6) is 0. The summed E-state index contributed by atoms with van der Waals surface area (Å²) in [5.41, 5.74) is -1.08. The molecule has 0 saturated carbocycles. The highest BCUT2D eigenvalue weighted by Crippen LogP contribution is 2.47. The molecule has 0 spiro atoms. The lowest BCUT2D eigenvalue weighted by molar-refractivity contribution is -0.137. The highest BCUT2D eigenvalue weighted by atomic mass is 79.9. The number of benzene rings is 1. The van der Waals surface area contributed by atoms with Crippen LogP contribution in [0.2, 0.25) is 0 Å². The molecule has 29 heavy (non-hydrogen) atoms. The molecule has 2 aromatic rings. The Balaban J connectivity index is 2.67. The first-order valence-corrected chi connectivity index (χ1v) is 9.47. The molecule has 12 heteroatoms. The molecule has 2 rings (SSSR count). The Labute approximate surface area is 173 Å². The third-order valence-electron chi connectivity index (χ3n) is 3.67. The van der Waals surface area contributed by atoms with Crippen LogP contribution in [-0.2, 0) is 17.6 Å². The minimum Gasteiger partial charge on any atom is -0.361 e. The Bertz CT molecular complexity index is 904. The van der Waals surface area contributed by atoms with Gasteiger partial charge in [-0.3, -0.25) is 0 Å². The molecule has 1 aromatic carbocycles. The highest BCUT2D eigenvalue weighted by Gasteiger charge is 2.44. The Kier molecular flexibility index (Phi) is 7.29. The van der Waals surface area contributed by atoms with Crippen molar-refractivity contribution in [3.05, 3.63) is 39.9 Å². The quantitative estimate of drug-likeness (QED) is 0.309. The van der Waals surface area contributed by atoms with Crippen molar-refractivity contribution in [3.8, 4) is 17.3 Å². The third kappa shape index (κ3) is 5.07. The van der Waals surface area contributed by atoms with Gasteiger partial charge in [0.25, 0.3) is 0 Å². The van der Waals surface area contributed by atoms with E-state index in [1.54, 1.807) is 13.0 Å². The van der Waals surface area contributed by atoms with Crippen LogP contribution in [0.5, 0.6) is 0 Å². The number of halogens is 8. The van der Waals surface area contributed by atoms with E-state index in [2.05, 4.69) is 15.9 Å². The first-order valence-electron chi connectivity index (χ1n) is 7.86. The Morgan fingerprint density at radius 1 is 1.17 bits per heavy atom. The monoisotopic (exact) mass is 504 g/mol. The molecule has 0 aliphatic rings. The van der Waals surface area contributed by atoms with Gasteiger partial charge in [0.15, 0.2) is 0 Å². The summed E-state index contributed by atoms with van der Waals surface area (Å²) < 4.78 is 97.2. The fourth-order valence-corrected chi connectivity index (χ4v) is 3.89. The highest BCUT2D eigenvalue weighted by molar-refractivity contribution is 9.10. The summed E-state index contributed by atoms with van der Waals surface area (Å²) in [6, 6.07) is 5.43. The first kappa shape index (κ1) is 23.6. The lowest BCUT2D eigenvalue weighted by atomic mass is 10.1. The van der Waals surface area contributed by atoms with Gasteiger partial charge in [-0.25, -0.2) is 8.78 Å². The van der Waals surface area contributed by atoms with Gasteiger partial charge >= 0.3 is 17.9 Å². The second kappa shape index (κ2) is 8.97. The van der Waals surface area contributed by atoms with E-state index in [1.807, 2.05) is 0 Å². The molecule has 0 aliphatic heterocycles. The molecule has 1 aromatic heterocycles. The van der Waals surface area contributed by atoms with Crippen LogP contribution >= 0.6 is 27.7 Å². The molecule has 3 nitrogen and oxygen atoms in total. The van der Waals surface area contributed by atoms with E-state index >= 15 is 0 Å². The van der Waals surface area contributed by atoms with Crippen molar-refractivity contribution in [3.63, 3.8) is 0 Å². The zero-order chi connectivity index (χ0) is 22.0. The van der Waals surface area contributed by atoms with E-state index in [4.69, 9.17) is 4.74 Å². The number of nitrogens with zero attached hydrogens (tertiary/aromatic N) is 2. The zero-order valence-corrected chi connectivity index (χ0v) is 16.9. The lowest BCUT2D eigenvalue weighted by Gasteiger charge is -2.18. The molecule has 0 unspecified atom stereocenters. The van der Waals surface area contributed by atoms with Crippen LogP contribution in [0.25, 0.3) is 11.3 Å². The van der Waals surface area contributed by atoms with E-state index in [0.29, 0.717) is 0 Å². The van der Waals surface area contributed by atoms with Crippen LogP contribution in [0.1, 0.15) is 18.1 Å². The fraction of sp³-hybridized carbons (Fsp3) is 0.353. The number of ether oxygens (including phenoxy) is 1. The molecule has 0 amide bonds. The van der Waals surface area contributed by atoms with Gasteiger partial charge in [0.1, 0.15) is 12.8 Å². The van der Waals surface area contributed by atoms with Gasteiger partial charge in [0.05, 0.1) is 26.3 Å². The lowest BCUT2D eigenvalue weighted by Crippen LogP contribution is -2.22. The van der Waals surface area contributed by atoms with Crippen molar-refractivity contribution in [1.82, 2.24) is 4.57 Å². The molecular formula is C17H12BrF7N2OS. The van der Waals surface area contributed by atoms with Crippen LogP contribution in [0, 0.1) is 11.3 Å². The van der Waals surface area contributed by atoms with E-state index in [1.165, 1.54) is 0 Å². The summed E-state index contributed by atoms with van der Waals surface area (Å²) in [6.07, 6.45) is -8.57. The average molecular weight is 505 g/mol. The zero-order valence-electron chi connectivity index (χ0n) is 14.5. The van der Waals surface area contributed by atoms with Crippen LogP contribution in [0.15, 0.2) is 33.8 Å². The number of hydrogen-bond acceptors (Lipinski definition) is 3. The van der Waals surface area contributed by atoms with E-state index in [9.17, 15) is 36.0 Å². The molecule has 0 fully saturated rings. The molecule has 0 aliphatic carbocycles. The molecule has 0 saturated heterocycles. The Morgan fingerprint density at radius 2 is 1.76 bits per heavy atom. The van der Waals surface area contributed by atoms with Gasteiger partial charge in [-0.05, 0) is 52.3 Å². The molecule has 0 bridgehead atoms. The summed E-state index contributed by atoms with van der Waals surface area (Å²) in [6.45, 7) is 1.36. The molecule has 0 N–H and O–H groups in total.